The SMILES string of the molecule is CN=C(NCCN1CCCS1(=O)=O)NC1CC=CC1.I. The van der Waals surface area contributed by atoms with Crippen LogP contribution in [0.15, 0.2) is 17.1 Å². The van der Waals surface area contributed by atoms with Gasteiger partial charge in [-0.2, -0.15) is 0 Å². The standard InChI is InChI=1S/C12H22N4O2S.HI/c1-13-12(15-11-5-2-3-6-11)14-7-9-16-8-4-10-19(16,17)18;/h2-3,11H,4-10H2,1H3,(H2,13,14,15);1H. The van der Waals surface area contributed by atoms with Gasteiger partial charge in [0.2, 0.25) is 10.0 Å². The summed E-state index contributed by atoms with van der Waals surface area (Å²) in [6, 6.07) is 0.404. The Morgan fingerprint density at radius 2 is 2.10 bits per heavy atom. The number of hydrogen-bond donors (Lipinski definition) is 2. The van der Waals surface area contributed by atoms with Gasteiger partial charge in [0.15, 0.2) is 5.96 Å². The summed E-state index contributed by atoms with van der Waals surface area (Å²) in [7, 11) is -1.26. The fraction of sp³-hybridized carbons (Fsp3) is 0.750. The van der Waals surface area contributed by atoms with E-state index in [1.165, 1.54) is 0 Å². The molecular weight excluding hydrogens is 391 g/mol. The van der Waals surface area contributed by atoms with Gasteiger partial charge in [-0.25, -0.2) is 12.7 Å². The van der Waals surface area contributed by atoms with E-state index in [2.05, 4.69) is 27.8 Å². The maximum Gasteiger partial charge on any atom is 0.214 e. The molecule has 2 rings (SSSR count). The second-order valence-electron chi connectivity index (χ2n) is 4.85. The summed E-state index contributed by atoms with van der Waals surface area (Å²) in [5.74, 6) is 1.03. The molecule has 0 aromatic carbocycles. The average Bonchev–Trinajstić information content (AvgIpc) is 2.98. The number of aliphatic imine (C=N–C) groups is 1. The van der Waals surface area contributed by atoms with Crippen LogP contribution in [0.25, 0.3) is 0 Å². The van der Waals surface area contributed by atoms with Gasteiger partial charge in [-0.15, -0.1) is 24.0 Å². The van der Waals surface area contributed by atoms with Crippen molar-refractivity contribution < 1.29 is 8.42 Å². The molecule has 1 saturated heterocycles. The zero-order chi connectivity index (χ0) is 13.7. The number of hydrogen-bond acceptors (Lipinski definition) is 3. The number of halogens is 1. The highest BCUT2D eigenvalue weighted by Crippen LogP contribution is 2.12. The van der Waals surface area contributed by atoms with Gasteiger partial charge in [-0.3, -0.25) is 4.99 Å². The molecule has 1 aliphatic carbocycles. The normalized spacial score (nSPS) is 22.8. The van der Waals surface area contributed by atoms with Gasteiger partial charge < -0.3 is 10.6 Å². The molecular formula is C12H23IN4O2S. The third-order valence-corrected chi connectivity index (χ3v) is 5.39. The molecule has 0 aromatic heterocycles. The quantitative estimate of drug-likeness (QED) is 0.305. The van der Waals surface area contributed by atoms with Crippen LogP contribution >= 0.6 is 24.0 Å². The maximum atomic E-state index is 11.6. The van der Waals surface area contributed by atoms with Gasteiger partial charge in [0.25, 0.3) is 0 Å². The highest BCUT2D eigenvalue weighted by Gasteiger charge is 2.27. The van der Waals surface area contributed by atoms with Crippen molar-refractivity contribution in [2.75, 3.05) is 32.4 Å². The predicted molar refractivity (Wildman–Crippen MR) is 92.1 cm³/mol. The van der Waals surface area contributed by atoms with E-state index in [1.807, 2.05) is 0 Å². The van der Waals surface area contributed by atoms with Crippen LogP contribution in [0.1, 0.15) is 19.3 Å². The second-order valence-corrected chi connectivity index (χ2v) is 6.94. The lowest BCUT2D eigenvalue weighted by Gasteiger charge is -2.19. The summed E-state index contributed by atoms with van der Waals surface area (Å²) in [4.78, 5) is 4.15. The van der Waals surface area contributed by atoms with Crippen molar-refractivity contribution in [2.45, 2.75) is 25.3 Å². The van der Waals surface area contributed by atoms with E-state index in [-0.39, 0.29) is 29.7 Å². The molecule has 1 fully saturated rings. The number of nitrogens with one attached hydrogen (secondary N) is 2. The minimum atomic E-state index is -2.99. The molecule has 0 radical (unpaired) electrons. The Bertz CT molecular complexity index is 456. The van der Waals surface area contributed by atoms with Crippen molar-refractivity contribution in [1.29, 1.82) is 0 Å². The highest BCUT2D eigenvalue weighted by molar-refractivity contribution is 14.0. The summed E-state index contributed by atoms with van der Waals surface area (Å²) in [6.45, 7) is 1.73. The van der Waals surface area contributed by atoms with Crippen LogP contribution in [-0.4, -0.2) is 57.2 Å². The maximum absolute atomic E-state index is 11.6. The molecule has 0 atom stereocenters. The molecule has 0 amide bonds. The Balaban J connectivity index is 0.00000200. The summed E-state index contributed by atoms with van der Waals surface area (Å²) in [6.07, 6.45) is 7.08. The topological polar surface area (TPSA) is 73.8 Å². The summed E-state index contributed by atoms with van der Waals surface area (Å²) >= 11 is 0. The number of rotatable bonds is 4. The lowest BCUT2D eigenvalue weighted by atomic mass is 10.2. The van der Waals surface area contributed by atoms with Gasteiger partial charge in [0.1, 0.15) is 0 Å². The molecule has 0 aromatic rings. The lowest BCUT2D eigenvalue weighted by Crippen LogP contribution is -2.45. The molecule has 6 nitrogen and oxygen atoms in total. The Morgan fingerprint density at radius 3 is 2.65 bits per heavy atom. The molecule has 1 aliphatic heterocycles. The zero-order valence-electron chi connectivity index (χ0n) is 11.7. The first-order valence-corrected chi connectivity index (χ1v) is 8.33. The van der Waals surface area contributed by atoms with E-state index >= 15 is 0 Å². The van der Waals surface area contributed by atoms with Crippen LogP contribution in [-0.2, 0) is 10.0 Å². The molecule has 0 spiro atoms. The van der Waals surface area contributed by atoms with Crippen molar-refractivity contribution in [2.24, 2.45) is 4.99 Å². The lowest BCUT2D eigenvalue weighted by molar-refractivity contribution is 0.444. The molecule has 2 N–H and O–H groups in total. The third kappa shape index (κ3) is 4.88. The molecule has 1 heterocycles. The fourth-order valence-electron chi connectivity index (χ4n) is 2.36. The Morgan fingerprint density at radius 1 is 1.40 bits per heavy atom. The van der Waals surface area contributed by atoms with Crippen LogP contribution in [0.2, 0.25) is 0 Å². The van der Waals surface area contributed by atoms with E-state index < -0.39 is 10.0 Å². The van der Waals surface area contributed by atoms with Crippen molar-refractivity contribution in [3.63, 3.8) is 0 Å². The van der Waals surface area contributed by atoms with Crippen LogP contribution in [0, 0.1) is 0 Å². The summed E-state index contributed by atoms with van der Waals surface area (Å²) in [5, 5.41) is 6.49. The molecule has 2 aliphatic rings. The zero-order valence-corrected chi connectivity index (χ0v) is 14.9. The minimum absolute atomic E-state index is 0. The second kappa shape index (κ2) is 8.18. The Labute approximate surface area is 138 Å². The first-order valence-electron chi connectivity index (χ1n) is 6.72. The van der Waals surface area contributed by atoms with E-state index in [1.54, 1.807) is 11.4 Å². The van der Waals surface area contributed by atoms with E-state index in [9.17, 15) is 8.42 Å². The van der Waals surface area contributed by atoms with Gasteiger partial charge in [-0.05, 0) is 19.3 Å². The molecule has 116 valence electrons. The van der Waals surface area contributed by atoms with Gasteiger partial charge in [-0.1, -0.05) is 12.2 Å². The molecule has 8 heteroatoms. The summed E-state index contributed by atoms with van der Waals surface area (Å²) in [5.41, 5.74) is 0. The number of nitrogens with zero attached hydrogens (tertiary/aromatic N) is 2. The Hall–Kier alpha value is -0.350. The van der Waals surface area contributed by atoms with Crippen molar-refractivity contribution >= 4 is 40.0 Å². The van der Waals surface area contributed by atoms with Gasteiger partial charge in [0.05, 0.1) is 5.75 Å². The van der Waals surface area contributed by atoms with Crippen LogP contribution < -0.4 is 10.6 Å². The molecule has 0 bridgehead atoms. The molecule has 20 heavy (non-hydrogen) atoms. The van der Waals surface area contributed by atoms with Gasteiger partial charge >= 0.3 is 0 Å². The van der Waals surface area contributed by atoms with Crippen molar-refractivity contribution in [1.82, 2.24) is 14.9 Å². The first kappa shape index (κ1) is 17.7. The van der Waals surface area contributed by atoms with Crippen LogP contribution in [0.3, 0.4) is 0 Å². The van der Waals surface area contributed by atoms with E-state index in [0.717, 1.165) is 25.2 Å². The average molecular weight is 414 g/mol. The van der Waals surface area contributed by atoms with Gasteiger partial charge in [0, 0.05) is 32.7 Å². The third-order valence-electron chi connectivity index (χ3n) is 3.43. The molecule has 0 saturated carbocycles. The molecule has 0 unspecified atom stereocenters. The van der Waals surface area contributed by atoms with Crippen molar-refractivity contribution in [3.05, 3.63) is 12.2 Å². The van der Waals surface area contributed by atoms with E-state index in [0.29, 0.717) is 25.7 Å². The van der Waals surface area contributed by atoms with Crippen LogP contribution in [0.5, 0.6) is 0 Å². The highest BCUT2D eigenvalue weighted by atomic mass is 127. The largest absolute Gasteiger partial charge is 0.355 e. The summed E-state index contributed by atoms with van der Waals surface area (Å²) < 4.78 is 24.8. The predicted octanol–water partition coefficient (Wildman–Crippen LogP) is 0.523. The number of sulfonamides is 1. The van der Waals surface area contributed by atoms with E-state index in [4.69, 9.17) is 0 Å². The Kier molecular flexibility index (Phi) is 7.24. The number of guanidine groups is 1. The first-order chi connectivity index (χ1) is 9.12. The smallest absolute Gasteiger partial charge is 0.214 e. The fourth-order valence-corrected chi connectivity index (χ4v) is 3.89. The minimum Gasteiger partial charge on any atom is -0.355 e. The van der Waals surface area contributed by atoms with Crippen molar-refractivity contribution in [3.8, 4) is 0 Å². The van der Waals surface area contributed by atoms with Crippen LogP contribution in [0.4, 0.5) is 0 Å². The monoisotopic (exact) mass is 414 g/mol.